The Morgan fingerprint density at radius 2 is 1.37 bits per heavy atom. The van der Waals surface area contributed by atoms with E-state index in [2.05, 4.69) is 10.6 Å². The van der Waals surface area contributed by atoms with Gasteiger partial charge in [-0.3, -0.25) is 4.90 Å². The van der Waals surface area contributed by atoms with Gasteiger partial charge in [-0.15, -0.1) is 0 Å². The summed E-state index contributed by atoms with van der Waals surface area (Å²) in [4.78, 5) is 40.2. The fraction of sp³-hybridized carbons (Fsp3) is 0.615. The summed E-state index contributed by atoms with van der Waals surface area (Å²) in [6.07, 6.45) is -17.6. The highest BCUT2D eigenvalue weighted by atomic mass is 16.8. The Morgan fingerprint density at radius 3 is 1.98 bits per heavy atom. The summed E-state index contributed by atoms with van der Waals surface area (Å²) in [5, 5.41) is 59.2. The summed E-state index contributed by atoms with van der Waals surface area (Å²) in [6, 6.07) is 13.8. The molecular formula is C39H52N4O16. The monoisotopic (exact) mass is 832 g/mol. The summed E-state index contributed by atoms with van der Waals surface area (Å²) in [5.41, 5.74) is 7.37. The Kier molecular flexibility index (Phi) is 13.5. The molecule has 7 rings (SSSR count). The van der Waals surface area contributed by atoms with Gasteiger partial charge < -0.3 is 79.8 Å². The first kappa shape index (κ1) is 42.9. The van der Waals surface area contributed by atoms with Crippen LogP contribution in [-0.2, 0) is 51.1 Å². The Labute approximate surface area is 339 Å². The molecule has 20 heteroatoms. The molecule has 2 aromatic carbocycles. The Balaban J connectivity index is 1.05. The van der Waals surface area contributed by atoms with Gasteiger partial charge in [0.25, 0.3) is 0 Å². The Bertz CT molecular complexity index is 1730. The minimum atomic E-state index is -1.67. The van der Waals surface area contributed by atoms with E-state index in [1.807, 2.05) is 12.1 Å². The van der Waals surface area contributed by atoms with Crippen LogP contribution in [0.2, 0.25) is 0 Å². The van der Waals surface area contributed by atoms with Crippen molar-refractivity contribution in [3.05, 3.63) is 71.8 Å². The quantitative estimate of drug-likeness (QED) is 0.128. The number of aliphatic hydroxyl groups excluding tert-OH is 5. The lowest BCUT2D eigenvalue weighted by Crippen LogP contribution is -2.68. The third kappa shape index (κ3) is 9.42. The van der Waals surface area contributed by atoms with E-state index >= 15 is 0 Å². The Morgan fingerprint density at radius 1 is 0.763 bits per heavy atom. The molecule has 1 saturated carbocycles. The Hall–Kier alpha value is -4.19. The number of aliphatic hydroxyl groups is 5. The van der Waals surface area contributed by atoms with Crippen molar-refractivity contribution in [2.75, 3.05) is 13.7 Å². The molecule has 2 aromatic rings. The second-order valence-electron chi connectivity index (χ2n) is 15.5. The summed E-state index contributed by atoms with van der Waals surface area (Å²) >= 11 is 0. The zero-order valence-electron chi connectivity index (χ0n) is 32.4. The van der Waals surface area contributed by atoms with Crippen molar-refractivity contribution in [3.8, 4) is 0 Å². The SMILES string of the molecule is CC1C[C@@H]2OC(O[C@H]3OC(CO)[C@@H](N)[C@H](O)C3O)C3C(OC(=O)N3C)C2O[C@@H]1O[C@@H]1C(NC(=O)OCc2ccccc2)C[C@@H](NC(=O)OCc2ccccc2)C(O)[C@H]1O. The molecule has 0 aromatic heterocycles. The van der Waals surface area contributed by atoms with Crippen LogP contribution in [0, 0.1) is 5.92 Å². The van der Waals surface area contributed by atoms with Gasteiger partial charge in [0.15, 0.2) is 25.0 Å². The molecular weight excluding hydrogens is 780 g/mol. The van der Waals surface area contributed by atoms with Crippen LogP contribution in [0.25, 0.3) is 0 Å². The first-order chi connectivity index (χ1) is 28.3. The van der Waals surface area contributed by atoms with Crippen LogP contribution >= 0.6 is 0 Å². The van der Waals surface area contributed by atoms with Gasteiger partial charge in [-0.2, -0.15) is 0 Å². The number of rotatable bonds is 11. The standard InChI is InChI=1S/C39H52N4O16/c1-18-13-23-32(33-26(43(2)39(51)58-33)35(54-23)59-36-30(48)28(46)25(40)24(15-44)55-36)57-34(18)56-31-22(42-38(50)53-17-20-11-7-4-8-12-20)14-21(27(45)29(31)47)41-37(49)52-16-19-9-5-3-6-10-19/h3-12,18,21-36,44-48H,13-17,40H2,1-2H3,(H,41,49)(H,42,50)/t18?,21-,22?,23+,24?,25-,26?,27?,28+,29-,30?,31-,32?,33?,34+,35?,36-/m1/s1. The largest absolute Gasteiger partial charge is 0.445 e. The van der Waals surface area contributed by atoms with Crippen LogP contribution in [0.1, 0.15) is 30.9 Å². The maximum atomic E-state index is 13.2. The van der Waals surface area contributed by atoms with E-state index in [1.54, 1.807) is 55.5 Å². The van der Waals surface area contributed by atoms with Crippen LogP contribution in [0.4, 0.5) is 14.4 Å². The highest BCUT2D eigenvalue weighted by Gasteiger charge is 2.60. The first-order valence-corrected chi connectivity index (χ1v) is 19.6. The normalized spacial score (nSPS) is 39.3. The van der Waals surface area contributed by atoms with Crippen molar-refractivity contribution in [1.82, 2.24) is 15.5 Å². The van der Waals surface area contributed by atoms with Crippen molar-refractivity contribution in [2.24, 2.45) is 11.7 Å². The van der Waals surface area contributed by atoms with Gasteiger partial charge in [0.05, 0.1) is 30.8 Å². The molecule has 0 spiro atoms. The predicted molar refractivity (Wildman–Crippen MR) is 198 cm³/mol. The molecule has 0 radical (unpaired) electrons. The molecule has 20 nitrogen and oxygen atoms in total. The molecule has 324 valence electrons. The number of benzene rings is 2. The number of hydrogen-bond donors (Lipinski definition) is 8. The maximum absolute atomic E-state index is 13.2. The number of ether oxygens (including phenoxy) is 8. The van der Waals surface area contributed by atoms with Crippen LogP contribution in [-0.4, -0.2) is 160 Å². The van der Waals surface area contributed by atoms with E-state index in [-0.39, 0.29) is 26.1 Å². The van der Waals surface area contributed by atoms with Crippen molar-refractivity contribution in [3.63, 3.8) is 0 Å². The number of amides is 3. The molecule has 4 saturated heterocycles. The number of carbonyl (C=O) groups is 3. The molecule has 5 aliphatic rings. The molecule has 9 N–H and O–H groups in total. The lowest BCUT2D eigenvalue weighted by molar-refractivity contribution is -0.375. The number of nitrogens with two attached hydrogens (primary N) is 1. The topological polar surface area (TPSA) is 280 Å². The average Bonchev–Trinajstić information content (AvgIpc) is 3.54. The van der Waals surface area contributed by atoms with Crippen LogP contribution in [0.15, 0.2) is 60.7 Å². The van der Waals surface area contributed by atoms with Gasteiger partial charge in [0.2, 0.25) is 0 Å². The number of alkyl carbamates (subject to hydrolysis) is 2. The minimum Gasteiger partial charge on any atom is -0.445 e. The lowest BCUT2D eigenvalue weighted by Gasteiger charge is -2.51. The summed E-state index contributed by atoms with van der Waals surface area (Å²) in [5.74, 6) is -0.475. The lowest BCUT2D eigenvalue weighted by atomic mass is 9.83. The van der Waals surface area contributed by atoms with Crippen molar-refractivity contribution in [1.29, 1.82) is 0 Å². The molecule has 5 fully saturated rings. The number of likely N-dealkylation sites (N-methyl/N-ethyl adjacent to an activating group) is 1. The molecule has 0 bridgehead atoms. The second-order valence-corrected chi connectivity index (χ2v) is 15.5. The van der Waals surface area contributed by atoms with E-state index < -0.39 is 129 Å². The highest BCUT2D eigenvalue weighted by Crippen LogP contribution is 2.42. The number of carbonyl (C=O) groups excluding carboxylic acids is 3. The maximum Gasteiger partial charge on any atom is 0.410 e. The van der Waals surface area contributed by atoms with Crippen LogP contribution < -0.4 is 16.4 Å². The van der Waals surface area contributed by atoms with Crippen molar-refractivity contribution in [2.45, 2.75) is 131 Å². The fourth-order valence-corrected chi connectivity index (χ4v) is 8.18. The van der Waals surface area contributed by atoms with Gasteiger partial charge in [-0.1, -0.05) is 67.6 Å². The van der Waals surface area contributed by atoms with E-state index in [0.29, 0.717) is 0 Å². The van der Waals surface area contributed by atoms with Gasteiger partial charge in [-0.25, -0.2) is 14.4 Å². The molecule has 1 aliphatic carbocycles. The highest BCUT2D eigenvalue weighted by molar-refractivity contribution is 5.71. The summed E-state index contributed by atoms with van der Waals surface area (Å²) < 4.78 is 47.4. The third-order valence-corrected chi connectivity index (χ3v) is 11.5. The van der Waals surface area contributed by atoms with Crippen LogP contribution in [0.5, 0.6) is 0 Å². The molecule has 9 unspecified atom stereocenters. The van der Waals surface area contributed by atoms with Gasteiger partial charge >= 0.3 is 18.3 Å². The zero-order valence-corrected chi connectivity index (χ0v) is 32.4. The average molecular weight is 833 g/mol. The summed E-state index contributed by atoms with van der Waals surface area (Å²) in [6.45, 7) is 1.12. The second kappa shape index (κ2) is 18.6. The van der Waals surface area contributed by atoms with E-state index in [9.17, 15) is 39.9 Å². The molecule has 4 aliphatic heterocycles. The number of nitrogens with one attached hydrogen (secondary N) is 2. The van der Waals surface area contributed by atoms with Crippen LogP contribution in [0.3, 0.4) is 0 Å². The zero-order chi connectivity index (χ0) is 42.0. The van der Waals surface area contributed by atoms with Crippen molar-refractivity contribution >= 4 is 18.3 Å². The molecule has 17 atom stereocenters. The van der Waals surface area contributed by atoms with Gasteiger partial charge in [0, 0.05) is 13.0 Å². The van der Waals surface area contributed by atoms with E-state index in [1.165, 1.54) is 11.9 Å². The summed E-state index contributed by atoms with van der Waals surface area (Å²) in [7, 11) is 1.46. The predicted octanol–water partition coefficient (Wildman–Crippen LogP) is -0.835. The van der Waals surface area contributed by atoms with E-state index in [0.717, 1.165) is 11.1 Å². The number of hydrogen-bond acceptors (Lipinski definition) is 17. The number of fused-ring (bicyclic) bond motifs is 3. The smallest absolute Gasteiger partial charge is 0.410 e. The number of nitrogens with zero attached hydrogens (tertiary/aromatic N) is 1. The molecule has 3 amide bonds. The molecule has 4 heterocycles. The van der Waals surface area contributed by atoms with Gasteiger partial charge in [0.1, 0.15) is 62.0 Å². The minimum absolute atomic E-state index is 0.0435. The van der Waals surface area contributed by atoms with Crippen molar-refractivity contribution < 1.29 is 77.8 Å². The van der Waals surface area contributed by atoms with E-state index in [4.69, 9.17) is 43.6 Å². The fourth-order valence-electron chi connectivity index (χ4n) is 8.18. The first-order valence-electron chi connectivity index (χ1n) is 19.6. The molecule has 59 heavy (non-hydrogen) atoms. The third-order valence-electron chi connectivity index (χ3n) is 11.5. The van der Waals surface area contributed by atoms with Gasteiger partial charge in [-0.05, 0) is 24.0 Å².